The fourth-order valence-electron chi connectivity index (χ4n) is 6.03. The highest BCUT2D eigenvalue weighted by Crippen LogP contribution is 2.42. The number of esters is 1. The lowest BCUT2D eigenvalue weighted by molar-refractivity contribution is -0.164. The van der Waals surface area contributed by atoms with Gasteiger partial charge in [0, 0.05) is 17.8 Å². The number of aldehydes is 1. The molecule has 3 fully saturated rings. The van der Waals surface area contributed by atoms with Crippen LogP contribution < -0.4 is 10.1 Å². The number of hydrogen-bond donors (Lipinski definition) is 1. The first kappa shape index (κ1) is 23.7. The smallest absolute Gasteiger partial charge is 0.336 e. The Morgan fingerprint density at radius 2 is 1.76 bits per heavy atom. The third-order valence-corrected chi connectivity index (χ3v) is 8.18. The first-order chi connectivity index (χ1) is 18.1. The average molecular weight is 497 g/mol. The van der Waals surface area contributed by atoms with Crippen molar-refractivity contribution < 1.29 is 19.1 Å². The molecule has 190 valence electrons. The monoisotopic (exact) mass is 496 g/mol. The molecule has 0 radical (unpaired) electrons. The maximum atomic E-state index is 13.9. The lowest BCUT2D eigenvalue weighted by Gasteiger charge is -2.45. The number of anilines is 1. The van der Waals surface area contributed by atoms with E-state index < -0.39 is 5.54 Å². The summed E-state index contributed by atoms with van der Waals surface area (Å²) < 4.78 is 12.2. The molecule has 0 amide bonds. The summed E-state index contributed by atoms with van der Waals surface area (Å²) in [6.45, 7) is 3.49. The summed E-state index contributed by atoms with van der Waals surface area (Å²) in [6.07, 6.45) is 4.52. The fraction of sp³-hybridized carbons (Fsp3) is 0.355. The summed E-state index contributed by atoms with van der Waals surface area (Å²) in [6, 6.07) is 23.3. The highest BCUT2D eigenvalue weighted by Gasteiger charge is 2.49. The van der Waals surface area contributed by atoms with Crippen LogP contribution in [0.3, 0.4) is 0 Å². The van der Waals surface area contributed by atoms with Crippen LogP contribution in [0.1, 0.15) is 46.3 Å². The molecule has 0 spiro atoms. The van der Waals surface area contributed by atoms with Crippen molar-refractivity contribution in [1.82, 2.24) is 4.90 Å². The number of nitrogens with one attached hydrogen (secondary N) is 1. The minimum absolute atomic E-state index is 0.0298. The summed E-state index contributed by atoms with van der Waals surface area (Å²) in [5.74, 6) is 1.03. The van der Waals surface area contributed by atoms with Crippen molar-refractivity contribution in [3.63, 3.8) is 0 Å². The van der Waals surface area contributed by atoms with Gasteiger partial charge in [-0.05, 0) is 85.6 Å². The summed E-state index contributed by atoms with van der Waals surface area (Å²) in [5.41, 5.74) is 3.80. The highest BCUT2D eigenvalue weighted by atomic mass is 16.5. The molecule has 3 aromatic rings. The molecule has 3 aromatic carbocycles. The van der Waals surface area contributed by atoms with Crippen LogP contribution in [0.15, 0.2) is 72.8 Å². The maximum absolute atomic E-state index is 13.9. The summed E-state index contributed by atoms with van der Waals surface area (Å²) in [7, 11) is 0. The minimum atomic E-state index is -0.898. The van der Waals surface area contributed by atoms with Gasteiger partial charge in [0.15, 0.2) is 5.54 Å². The Labute approximate surface area is 217 Å². The van der Waals surface area contributed by atoms with E-state index in [-0.39, 0.29) is 12.1 Å². The standard InChI is InChI=1S/C31H32N2O4/c34-20-22-5-7-23(8-6-22)21-36-27-11-9-26(10-12-27)32-31(16-13-24-3-1-2-4-28(24)31)30(35)37-29-19-33-17-14-25(29)15-18-33/h1-12,20,25,29,32H,13-19,21H2/t29-,31?/m0/s1. The van der Waals surface area contributed by atoms with Gasteiger partial charge in [0.2, 0.25) is 0 Å². The van der Waals surface area contributed by atoms with Gasteiger partial charge >= 0.3 is 5.97 Å². The lowest BCUT2D eigenvalue weighted by Crippen LogP contribution is -2.54. The minimum Gasteiger partial charge on any atom is -0.489 e. The van der Waals surface area contributed by atoms with Crippen molar-refractivity contribution >= 4 is 17.9 Å². The molecule has 1 N–H and O–H groups in total. The second-order valence-corrected chi connectivity index (χ2v) is 10.4. The highest BCUT2D eigenvalue weighted by molar-refractivity contribution is 5.88. The zero-order valence-electron chi connectivity index (χ0n) is 20.9. The predicted molar refractivity (Wildman–Crippen MR) is 142 cm³/mol. The molecule has 3 heterocycles. The summed E-state index contributed by atoms with van der Waals surface area (Å²) >= 11 is 0. The molecular weight excluding hydrogens is 464 g/mol. The molecule has 3 saturated heterocycles. The Hall–Kier alpha value is -3.64. The first-order valence-electron chi connectivity index (χ1n) is 13.2. The second-order valence-electron chi connectivity index (χ2n) is 10.4. The van der Waals surface area contributed by atoms with Crippen molar-refractivity contribution in [3.05, 3.63) is 95.1 Å². The number of carbonyl (C=O) groups excluding carboxylic acids is 2. The van der Waals surface area contributed by atoms with Crippen LogP contribution in [-0.2, 0) is 28.1 Å². The number of fused-ring (bicyclic) bond motifs is 4. The average Bonchev–Trinajstić information content (AvgIpc) is 3.33. The number of rotatable bonds is 8. The van der Waals surface area contributed by atoms with Crippen LogP contribution >= 0.6 is 0 Å². The topological polar surface area (TPSA) is 67.9 Å². The third kappa shape index (κ3) is 4.74. The van der Waals surface area contributed by atoms with E-state index in [1.807, 2.05) is 48.5 Å². The van der Waals surface area contributed by atoms with Crippen LogP contribution in [-0.4, -0.2) is 42.9 Å². The lowest BCUT2D eigenvalue weighted by atomic mass is 9.85. The molecule has 3 aliphatic heterocycles. The van der Waals surface area contributed by atoms with E-state index in [1.54, 1.807) is 12.1 Å². The van der Waals surface area contributed by atoms with Crippen molar-refractivity contribution in [2.45, 2.75) is 43.9 Å². The second kappa shape index (κ2) is 10.0. The van der Waals surface area contributed by atoms with Gasteiger partial charge in [-0.25, -0.2) is 4.79 Å². The van der Waals surface area contributed by atoms with Gasteiger partial charge in [0.1, 0.15) is 24.7 Å². The molecule has 4 aliphatic rings. The number of piperidine rings is 3. The fourth-order valence-corrected chi connectivity index (χ4v) is 6.03. The molecule has 37 heavy (non-hydrogen) atoms. The Morgan fingerprint density at radius 3 is 2.46 bits per heavy atom. The first-order valence-corrected chi connectivity index (χ1v) is 13.2. The van der Waals surface area contributed by atoms with Gasteiger partial charge in [-0.3, -0.25) is 9.69 Å². The normalized spacial score (nSPS) is 25.8. The Bertz CT molecular complexity index is 1270. The largest absolute Gasteiger partial charge is 0.489 e. The van der Waals surface area contributed by atoms with Crippen molar-refractivity contribution in [2.75, 3.05) is 25.0 Å². The number of ether oxygens (including phenoxy) is 2. The van der Waals surface area contributed by atoms with Gasteiger partial charge in [-0.1, -0.05) is 48.5 Å². The summed E-state index contributed by atoms with van der Waals surface area (Å²) in [5, 5.41) is 3.58. The van der Waals surface area contributed by atoms with Crippen LogP contribution in [0.5, 0.6) is 5.75 Å². The van der Waals surface area contributed by atoms with Crippen LogP contribution in [0, 0.1) is 5.92 Å². The molecule has 2 bridgehead atoms. The number of carbonyl (C=O) groups is 2. The quantitative estimate of drug-likeness (QED) is 0.351. The number of aryl methyl sites for hydroxylation is 1. The van der Waals surface area contributed by atoms with Crippen molar-refractivity contribution in [2.24, 2.45) is 5.92 Å². The molecule has 6 nitrogen and oxygen atoms in total. The molecule has 6 heteroatoms. The zero-order valence-corrected chi connectivity index (χ0v) is 20.9. The van der Waals surface area contributed by atoms with Crippen molar-refractivity contribution in [3.8, 4) is 5.75 Å². The Kier molecular flexibility index (Phi) is 6.43. The molecule has 0 saturated carbocycles. The van der Waals surface area contributed by atoms with Gasteiger partial charge in [-0.15, -0.1) is 0 Å². The molecular formula is C31H32N2O4. The maximum Gasteiger partial charge on any atom is 0.336 e. The Morgan fingerprint density at radius 1 is 1.00 bits per heavy atom. The summed E-state index contributed by atoms with van der Waals surface area (Å²) in [4.78, 5) is 27.2. The number of benzene rings is 3. The van der Waals surface area contributed by atoms with Crippen LogP contribution in [0.25, 0.3) is 0 Å². The van der Waals surface area contributed by atoms with Gasteiger partial charge in [0.25, 0.3) is 0 Å². The van der Waals surface area contributed by atoms with Crippen LogP contribution in [0.2, 0.25) is 0 Å². The van der Waals surface area contributed by atoms with Crippen molar-refractivity contribution in [1.29, 1.82) is 0 Å². The molecule has 7 rings (SSSR count). The van der Waals surface area contributed by atoms with Gasteiger partial charge in [0.05, 0.1) is 0 Å². The van der Waals surface area contributed by atoms with E-state index in [9.17, 15) is 9.59 Å². The van der Waals surface area contributed by atoms with E-state index in [0.717, 1.165) is 67.7 Å². The SMILES string of the molecule is O=Cc1ccc(COc2ccc(NC3(C(=O)O[C@H]4CN5CCC4CC5)CCc4ccccc43)cc2)cc1. The van der Waals surface area contributed by atoms with E-state index in [0.29, 0.717) is 24.5 Å². The van der Waals surface area contributed by atoms with Gasteiger partial charge in [-0.2, -0.15) is 0 Å². The number of nitrogens with zero attached hydrogens (tertiary/aromatic N) is 1. The van der Waals surface area contributed by atoms with Crippen LogP contribution in [0.4, 0.5) is 5.69 Å². The Balaban J connectivity index is 1.18. The molecule has 1 unspecified atom stereocenters. The number of hydrogen-bond acceptors (Lipinski definition) is 6. The molecule has 1 aliphatic carbocycles. The van der Waals surface area contributed by atoms with E-state index in [2.05, 4.69) is 22.3 Å². The van der Waals surface area contributed by atoms with E-state index in [1.165, 1.54) is 5.56 Å². The molecule has 0 aromatic heterocycles. The molecule has 2 atom stereocenters. The third-order valence-electron chi connectivity index (χ3n) is 8.18. The van der Waals surface area contributed by atoms with Gasteiger partial charge < -0.3 is 14.8 Å². The zero-order chi connectivity index (χ0) is 25.2. The predicted octanol–water partition coefficient (Wildman–Crippen LogP) is 4.97. The van der Waals surface area contributed by atoms with E-state index in [4.69, 9.17) is 9.47 Å². The van der Waals surface area contributed by atoms with E-state index >= 15 is 0 Å².